The van der Waals surface area contributed by atoms with Gasteiger partial charge in [-0.1, -0.05) is 26.0 Å². The van der Waals surface area contributed by atoms with Gasteiger partial charge in [-0.05, 0) is 25.3 Å². The van der Waals surface area contributed by atoms with Crippen molar-refractivity contribution in [3.63, 3.8) is 0 Å². The summed E-state index contributed by atoms with van der Waals surface area (Å²) in [7, 11) is 1.15. The van der Waals surface area contributed by atoms with Crippen LogP contribution in [0.4, 0.5) is 15.3 Å². The number of methoxy groups -OCH3 is 1. The molecule has 10 heteroatoms. The van der Waals surface area contributed by atoms with Crippen molar-refractivity contribution in [2.45, 2.75) is 33.6 Å². The minimum absolute atomic E-state index is 0.0830. The maximum atomic E-state index is 12.2. The van der Waals surface area contributed by atoms with Crippen LogP contribution in [0.5, 0.6) is 0 Å². The summed E-state index contributed by atoms with van der Waals surface area (Å²) >= 11 is 0. The van der Waals surface area contributed by atoms with Gasteiger partial charge in [-0.15, -0.1) is 0 Å². The van der Waals surface area contributed by atoms with Crippen molar-refractivity contribution < 1.29 is 33.5 Å². The summed E-state index contributed by atoms with van der Waals surface area (Å²) in [6.45, 7) is 7.22. The van der Waals surface area contributed by atoms with Crippen LogP contribution in [-0.2, 0) is 18.9 Å². The Morgan fingerprint density at radius 3 is 2.27 bits per heavy atom. The number of carbonyl (C=O) groups excluding carboxylic acids is 2. The minimum atomic E-state index is -0.983. The number of carbonyl (C=O) groups is 2. The third-order valence-corrected chi connectivity index (χ3v) is 4.14. The molecule has 162 valence electrons. The lowest BCUT2D eigenvalue weighted by Gasteiger charge is -2.30. The maximum Gasteiger partial charge on any atom is 0.513 e. The number of nitrogens with zero attached hydrogens (tertiary/aromatic N) is 1. The van der Waals surface area contributed by atoms with E-state index in [0.29, 0.717) is 17.0 Å². The average molecular weight is 420 g/mol. The molecule has 1 aromatic carbocycles. The summed E-state index contributed by atoms with van der Waals surface area (Å²) < 4.78 is 20.4. The van der Waals surface area contributed by atoms with E-state index in [1.165, 1.54) is 18.2 Å². The molecule has 1 heterocycles. The van der Waals surface area contributed by atoms with Crippen molar-refractivity contribution in [1.29, 1.82) is 0 Å². The molecule has 0 radical (unpaired) electrons. The Morgan fingerprint density at radius 2 is 1.73 bits per heavy atom. The second-order valence-corrected chi connectivity index (χ2v) is 7.00. The smallest absolute Gasteiger partial charge is 0.437 e. The van der Waals surface area contributed by atoms with E-state index in [-0.39, 0.29) is 29.7 Å². The molecule has 0 saturated heterocycles. The highest BCUT2D eigenvalue weighted by atomic mass is 16.7. The normalized spacial score (nSPS) is 16.1. The minimum Gasteiger partial charge on any atom is -0.437 e. The molecule has 0 saturated carbocycles. The number of hydrogen-bond acceptors (Lipinski definition) is 9. The van der Waals surface area contributed by atoms with Crippen LogP contribution < -0.4 is 5.32 Å². The van der Waals surface area contributed by atoms with Gasteiger partial charge in [-0.2, -0.15) is 0 Å². The van der Waals surface area contributed by atoms with Gasteiger partial charge in [-0.3, -0.25) is 10.1 Å². The number of allylic oxidation sites excluding steroid dienone is 2. The van der Waals surface area contributed by atoms with Crippen molar-refractivity contribution in [3.8, 4) is 0 Å². The standard InChI is InChI=1S/C20H24N2O8/c1-11(2)10-28-20(24)30-18-13(4)21-12(3)17(29-19(23)27-5)16(18)14-7-6-8-15(9-14)22(25)26/h6-9,11,16,21H,10H2,1-5H3. The number of dihydropyridines is 1. The van der Waals surface area contributed by atoms with E-state index in [1.54, 1.807) is 19.9 Å². The fourth-order valence-corrected chi connectivity index (χ4v) is 2.83. The Morgan fingerprint density at radius 1 is 1.13 bits per heavy atom. The molecule has 0 amide bonds. The summed E-state index contributed by atoms with van der Waals surface area (Å²) in [5, 5.41) is 14.2. The highest BCUT2D eigenvalue weighted by Gasteiger charge is 2.36. The number of nitrogens with one attached hydrogen (secondary N) is 1. The number of non-ortho nitro benzene ring substituents is 1. The third kappa shape index (κ3) is 5.49. The second kappa shape index (κ2) is 9.77. The molecule has 0 bridgehead atoms. The van der Waals surface area contributed by atoms with Gasteiger partial charge in [0.15, 0.2) is 0 Å². The molecule has 1 atom stereocenters. The van der Waals surface area contributed by atoms with Gasteiger partial charge in [0.25, 0.3) is 5.69 Å². The van der Waals surface area contributed by atoms with E-state index in [2.05, 4.69) is 10.1 Å². The number of nitro groups is 1. The van der Waals surface area contributed by atoms with Crippen molar-refractivity contribution >= 4 is 18.0 Å². The van der Waals surface area contributed by atoms with E-state index in [9.17, 15) is 19.7 Å². The van der Waals surface area contributed by atoms with Gasteiger partial charge in [0.2, 0.25) is 0 Å². The predicted molar refractivity (Wildman–Crippen MR) is 105 cm³/mol. The number of hydrogen-bond donors (Lipinski definition) is 1. The van der Waals surface area contributed by atoms with Crippen LogP contribution in [0.15, 0.2) is 47.2 Å². The molecule has 1 aromatic rings. The van der Waals surface area contributed by atoms with Gasteiger partial charge >= 0.3 is 12.3 Å². The number of nitro benzene ring substituents is 1. The summed E-state index contributed by atoms with van der Waals surface area (Å²) in [6.07, 6.45) is -1.92. The zero-order valence-electron chi connectivity index (χ0n) is 17.4. The number of ether oxygens (including phenoxy) is 4. The highest BCUT2D eigenvalue weighted by molar-refractivity contribution is 5.65. The summed E-state index contributed by atoms with van der Waals surface area (Å²) in [5.74, 6) is -0.643. The second-order valence-electron chi connectivity index (χ2n) is 7.00. The molecule has 0 fully saturated rings. The lowest BCUT2D eigenvalue weighted by Crippen LogP contribution is -2.29. The first-order chi connectivity index (χ1) is 14.1. The van der Waals surface area contributed by atoms with Crippen LogP contribution in [0.25, 0.3) is 0 Å². The van der Waals surface area contributed by atoms with E-state index in [0.717, 1.165) is 7.11 Å². The van der Waals surface area contributed by atoms with Crippen LogP contribution in [-0.4, -0.2) is 31.0 Å². The molecular weight excluding hydrogens is 396 g/mol. The van der Waals surface area contributed by atoms with Crippen LogP contribution >= 0.6 is 0 Å². The molecule has 1 unspecified atom stereocenters. The van der Waals surface area contributed by atoms with E-state index < -0.39 is 23.2 Å². The molecule has 1 N–H and O–H groups in total. The van der Waals surface area contributed by atoms with Crippen molar-refractivity contribution in [3.05, 3.63) is 62.9 Å². The van der Waals surface area contributed by atoms with Gasteiger partial charge in [-0.25, -0.2) is 9.59 Å². The SMILES string of the molecule is COC(=O)OC1=C(C)NC(C)=C(OC(=O)OCC(C)C)C1c1cccc([N+](=O)[O-])c1. The molecule has 0 spiro atoms. The van der Waals surface area contributed by atoms with E-state index >= 15 is 0 Å². The quantitative estimate of drug-likeness (QED) is 0.406. The third-order valence-electron chi connectivity index (χ3n) is 4.14. The predicted octanol–water partition coefficient (Wildman–Crippen LogP) is 4.34. The van der Waals surface area contributed by atoms with Crippen molar-refractivity contribution in [2.24, 2.45) is 5.92 Å². The first-order valence-corrected chi connectivity index (χ1v) is 9.17. The maximum absolute atomic E-state index is 12.2. The van der Waals surface area contributed by atoms with Gasteiger partial charge in [0, 0.05) is 12.1 Å². The number of benzene rings is 1. The van der Waals surface area contributed by atoms with Crippen molar-refractivity contribution in [1.82, 2.24) is 5.32 Å². The van der Waals surface area contributed by atoms with E-state index in [1.807, 2.05) is 13.8 Å². The average Bonchev–Trinajstić information content (AvgIpc) is 2.69. The molecular formula is C20H24N2O8. The zero-order chi connectivity index (χ0) is 22.4. The monoisotopic (exact) mass is 420 g/mol. The van der Waals surface area contributed by atoms with Crippen molar-refractivity contribution in [2.75, 3.05) is 13.7 Å². The highest BCUT2D eigenvalue weighted by Crippen LogP contribution is 2.40. The molecule has 0 aromatic heterocycles. The summed E-state index contributed by atoms with van der Waals surface area (Å²) in [6, 6.07) is 5.74. The number of rotatable bonds is 6. The topological polar surface area (TPSA) is 126 Å². The lowest BCUT2D eigenvalue weighted by atomic mass is 9.90. The zero-order valence-corrected chi connectivity index (χ0v) is 17.4. The van der Waals surface area contributed by atoms with Gasteiger partial charge in [0.05, 0.1) is 30.0 Å². The Bertz CT molecular complexity index is 904. The molecule has 1 aliphatic heterocycles. The van der Waals surface area contributed by atoms with E-state index in [4.69, 9.17) is 14.2 Å². The molecule has 30 heavy (non-hydrogen) atoms. The lowest BCUT2D eigenvalue weighted by molar-refractivity contribution is -0.384. The largest absolute Gasteiger partial charge is 0.513 e. The van der Waals surface area contributed by atoms with Crippen LogP contribution in [0.2, 0.25) is 0 Å². The Kier molecular flexibility index (Phi) is 7.40. The summed E-state index contributed by atoms with van der Waals surface area (Å²) in [5.41, 5.74) is 1.13. The molecule has 1 aliphatic rings. The van der Waals surface area contributed by atoms with Crippen LogP contribution in [0.1, 0.15) is 39.2 Å². The fourth-order valence-electron chi connectivity index (χ4n) is 2.83. The Balaban J connectivity index is 2.50. The molecule has 2 rings (SSSR count). The van der Waals surface area contributed by atoms with Gasteiger partial charge < -0.3 is 24.3 Å². The van der Waals surface area contributed by atoms with Crippen LogP contribution in [0, 0.1) is 16.0 Å². The van der Waals surface area contributed by atoms with Gasteiger partial charge in [0.1, 0.15) is 17.4 Å². The fraction of sp³-hybridized carbons (Fsp3) is 0.400. The first-order valence-electron chi connectivity index (χ1n) is 9.17. The Hall–Kier alpha value is -3.56. The first kappa shape index (κ1) is 22.7. The molecule has 10 nitrogen and oxygen atoms in total. The van der Waals surface area contributed by atoms with Crippen LogP contribution in [0.3, 0.4) is 0 Å². The Labute approximate surface area is 173 Å². The summed E-state index contributed by atoms with van der Waals surface area (Å²) in [4.78, 5) is 34.7. The molecule has 0 aliphatic carbocycles.